The monoisotopic (exact) mass is 367 g/mol. The molecule has 2 aromatic heterocycles. The summed E-state index contributed by atoms with van der Waals surface area (Å²) < 4.78 is 7.30. The van der Waals surface area contributed by atoms with Crippen molar-refractivity contribution in [3.63, 3.8) is 0 Å². The van der Waals surface area contributed by atoms with Crippen molar-refractivity contribution in [3.05, 3.63) is 48.1 Å². The Hall–Kier alpha value is -3.16. The molecule has 27 heavy (non-hydrogen) atoms. The van der Waals surface area contributed by atoms with Gasteiger partial charge in [0.2, 0.25) is 5.91 Å². The van der Waals surface area contributed by atoms with E-state index in [9.17, 15) is 9.59 Å². The van der Waals surface area contributed by atoms with Gasteiger partial charge in [-0.15, -0.1) is 0 Å². The molecule has 1 aliphatic rings. The third kappa shape index (κ3) is 3.07. The molecule has 140 valence electrons. The molecule has 3 aromatic rings. The Morgan fingerprint density at radius 1 is 1.30 bits per heavy atom. The van der Waals surface area contributed by atoms with Crippen LogP contribution in [0.15, 0.2) is 41.2 Å². The Kier molecular flexibility index (Phi) is 4.39. The second-order valence-corrected chi connectivity index (χ2v) is 6.63. The molecule has 2 amide bonds. The number of para-hydroxylation sites is 2. The molecule has 0 bridgehead atoms. The van der Waals surface area contributed by atoms with Crippen LogP contribution in [0.4, 0.5) is 0 Å². The Morgan fingerprint density at radius 2 is 2.11 bits per heavy atom. The number of carbonyl (C=O) groups excluding carboxylic acids is 2. The van der Waals surface area contributed by atoms with E-state index < -0.39 is 6.04 Å². The average Bonchev–Trinajstić information content (AvgIpc) is 3.31. The quantitative estimate of drug-likeness (QED) is 0.702. The molecule has 1 atom stereocenters. The van der Waals surface area contributed by atoms with Crippen molar-refractivity contribution in [3.8, 4) is 0 Å². The first-order valence-electron chi connectivity index (χ1n) is 9.03. The molecule has 8 nitrogen and oxygen atoms in total. The second-order valence-electron chi connectivity index (χ2n) is 6.63. The SMILES string of the molecule is CCN1CCN(C(=O)c2cc(Cn3cnc4ccccc43)on2)C(C)C1=O. The maximum absolute atomic E-state index is 12.8. The molecule has 0 saturated carbocycles. The van der Waals surface area contributed by atoms with Crippen LogP contribution in [0.1, 0.15) is 30.1 Å². The Labute approximate surface area is 156 Å². The van der Waals surface area contributed by atoms with Gasteiger partial charge in [-0.3, -0.25) is 9.59 Å². The molecule has 0 N–H and O–H groups in total. The van der Waals surface area contributed by atoms with Crippen LogP contribution in [-0.2, 0) is 11.3 Å². The lowest BCUT2D eigenvalue weighted by Gasteiger charge is -2.38. The van der Waals surface area contributed by atoms with Gasteiger partial charge >= 0.3 is 0 Å². The number of piperazine rings is 1. The fraction of sp³-hybridized carbons (Fsp3) is 0.368. The highest BCUT2D eigenvalue weighted by Gasteiger charge is 2.35. The Balaban J connectivity index is 1.51. The lowest BCUT2D eigenvalue weighted by Crippen LogP contribution is -2.57. The van der Waals surface area contributed by atoms with Gasteiger partial charge in [0.05, 0.1) is 23.9 Å². The van der Waals surface area contributed by atoms with Gasteiger partial charge < -0.3 is 18.9 Å². The molecule has 3 heterocycles. The van der Waals surface area contributed by atoms with Crippen LogP contribution in [0.5, 0.6) is 0 Å². The maximum Gasteiger partial charge on any atom is 0.276 e. The Morgan fingerprint density at radius 3 is 2.93 bits per heavy atom. The van der Waals surface area contributed by atoms with Gasteiger partial charge in [-0.2, -0.15) is 0 Å². The van der Waals surface area contributed by atoms with E-state index in [1.165, 1.54) is 0 Å². The third-order valence-electron chi connectivity index (χ3n) is 5.02. The van der Waals surface area contributed by atoms with E-state index in [4.69, 9.17) is 4.52 Å². The number of likely N-dealkylation sites (N-methyl/N-ethyl adjacent to an activating group) is 1. The first-order chi connectivity index (χ1) is 13.1. The van der Waals surface area contributed by atoms with Gasteiger partial charge in [0, 0.05) is 25.7 Å². The lowest BCUT2D eigenvalue weighted by molar-refractivity contribution is -0.139. The minimum atomic E-state index is -0.496. The van der Waals surface area contributed by atoms with E-state index in [1.807, 2.05) is 35.8 Å². The van der Waals surface area contributed by atoms with Crippen molar-refractivity contribution in [2.75, 3.05) is 19.6 Å². The fourth-order valence-corrected chi connectivity index (χ4v) is 3.46. The second kappa shape index (κ2) is 6.86. The zero-order valence-electron chi connectivity index (χ0n) is 15.3. The molecular formula is C19H21N5O3. The van der Waals surface area contributed by atoms with E-state index in [-0.39, 0.29) is 17.5 Å². The summed E-state index contributed by atoms with van der Waals surface area (Å²) in [5.41, 5.74) is 2.10. The zero-order chi connectivity index (χ0) is 19.0. The maximum atomic E-state index is 12.8. The number of hydrogen-bond donors (Lipinski definition) is 0. The minimum absolute atomic E-state index is 0.0364. The molecule has 1 fully saturated rings. The summed E-state index contributed by atoms with van der Waals surface area (Å²) in [6, 6.07) is 8.95. The van der Waals surface area contributed by atoms with E-state index in [0.29, 0.717) is 31.9 Å². The van der Waals surface area contributed by atoms with Gasteiger partial charge in [-0.05, 0) is 26.0 Å². The van der Waals surface area contributed by atoms with Crippen molar-refractivity contribution in [1.29, 1.82) is 0 Å². The lowest BCUT2D eigenvalue weighted by atomic mass is 10.1. The first-order valence-corrected chi connectivity index (χ1v) is 9.03. The van der Waals surface area contributed by atoms with Gasteiger partial charge in [-0.25, -0.2) is 4.98 Å². The topological polar surface area (TPSA) is 84.5 Å². The van der Waals surface area contributed by atoms with Crippen LogP contribution in [-0.4, -0.2) is 62.0 Å². The van der Waals surface area contributed by atoms with E-state index in [1.54, 1.807) is 29.1 Å². The van der Waals surface area contributed by atoms with Crippen LogP contribution < -0.4 is 0 Å². The molecule has 4 rings (SSSR count). The minimum Gasteiger partial charge on any atom is -0.359 e. The zero-order valence-corrected chi connectivity index (χ0v) is 15.3. The van der Waals surface area contributed by atoms with Gasteiger partial charge in [0.15, 0.2) is 11.5 Å². The predicted octanol–water partition coefficient (Wildman–Crippen LogP) is 1.77. The first kappa shape index (κ1) is 17.3. The summed E-state index contributed by atoms with van der Waals surface area (Å²) in [5, 5.41) is 3.93. The van der Waals surface area contributed by atoms with Gasteiger partial charge in [0.1, 0.15) is 6.04 Å². The molecule has 0 aliphatic carbocycles. The van der Waals surface area contributed by atoms with Crippen LogP contribution in [0.3, 0.4) is 0 Å². The van der Waals surface area contributed by atoms with Crippen LogP contribution in [0.2, 0.25) is 0 Å². The van der Waals surface area contributed by atoms with Crippen molar-refractivity contribution in [1.82, 2.24) is 24.5 Å². The van der Waals surface area contributed by atoms with E-state index in [0.717, 1.165) is 11.0 Å². The smallest absolute Gasteiger partial charge is 0.276 e. The van der Waals surface area contributed by atoms with Crippen LogP contribution >= 0.6 is 0 Å². The number of imidazole rings is 1. The Bertz CT molecular complexity index is 992. The number of hydrogen-bond acceptors (Lipinski definition) is 5. The fourth-order valence-electron chi connectivity index (χ4n) is 3.46. The molecule has 1 unspecified atom stereocenters. The number of aromatic nitrogens is 3. The molecule has 1 aromatic carbocycles. The van der Waals surface area contributed by atoms with Crippen molar-refractivity contribution in [2.24, 2.45) is 0 Å². The van der Waals surface area contributed by atoms with Gasteiger partial charge in [0.25, 0.3) is 5.91 Å². The molecule has 0 radical (unpaired) electrons. The number of carbonyl (C=O) groups is 2. The highest BCUT2D eigenvalue weighted by molar-refractivity contribution is 5.96. The largest absolute Gasteiger partial charge is 0.359 e. The molecular weight excluding hydrogens is 346 g/mol. The van der Waals surface area contributed by atoms with E-state index >= 15 is 0 Å². The number of nitrogens with zero attached hydrogens (tertiary/aromatic N) is 5. The summed E-state index contributed by atoms with van der Waals surface area (Å²) in [6.07, 6.45) is 1.74. The van der Waals surface area contributed by atoms with Gasteiger partial charge in [-0.1, -0.05) is 17.3 Å². The summed E-state index contributed by atoms with van der Waals surface area (Å²) in [7, 11) is 0. The molecule has 1 aliphatic heterocycles. The predicted molar refractivity (Wildman–Crippen MR) is 98.1 cm³/mol. The summed E-state index contributed by atoms with van der Waals surface area (Å²) in [4.78, 5) is 32.8. The number of fused-ring (bicyclic) bond motifs is 1. The van der Waals surface area contributed by atoms with Crippen molar-refractivity contribution >= 4 is 22.8 Å². The molecule has 0 spiro atoms. The normalized spacial score (nSPS) is 17.7. The van der Waals surface area contributed by atoms with Crippen molar-refractivity contribution < 1.29 is 14.1 Å². The van der Waals surface area contributed by atoms with Crippen molar-refractivity contribution in [2.45, 2.75) is 26.4 Å². The summed E-state index contributed by atoms with van der Waals surface area (Å²) in [5.74, 6) is 0.246. The van der Waals surface area contributed by atoms with E-state index in [2.05, 4.69) is 10.1 Å². The molecule has 1 saturated heterocycles. The number of amides is 2. The number of benzene rings is 1. The molecule has 8 heteroatoms. The number of rotatable bonds is 4. The highest BCUT2D eigenvalue weighted by atomic mass is 16.5. The summed E-state index contributed by atoms with van der Waals surface area (Å²) >= 11 is 0. The van der Waals surface area contributed by atoms with Crippen LogP contribution in [0, 0.1) is 0 Å². The average molecular weight is 367 g/mol. The highest BCUT2D eigenvalue weighted by Crippen LogP contribution is 2.18. The standard InChI is InChI=1S/C19H21N5O3/c1-3-22-8-9-24(13(2)18(22)25)19(26)16-10-14(27-21-16)11-23-12-20-15-6-4-5-7-17(15)23/h4-7,10,12-13H,3,8-9,11H2,1-2H3. The summed E-state index contributed by atoms with van der Waals surface area (Å²) in [6.45, 7) is 5.80. The van der Waals surface area contributed by atoms with Crippen LogP contribution in [0.25, 0.3) is 11.0 Å². The third-order valence-corrected chi connectivity index (χ3v) is 5.02.